The van der Waals surface area contributed by atoms with E-state index in [9.17, 15) is 0 Å². The van der Waals surface area contributed by atoms with Crippen molar-refractivity contribution < 1.29 is 19.5 Å². The Morgan fingerprint density at radius 1 is 0.909 bits per heavy atom. The molecule has 0 fully saturated rings. The van der Waals surface area contributed by atoms with Crippen LogP contribution in [-0.2, 0) is 19.5 Å². The van der Waals surface area contributed by atoms with Crippen LogP contribution in [0.3, 0.4) is 0 Å². The SMILES string of the molecule is [C-]1=CC=CC1.[CH3-].[CH3-].[CH3-].[CH3-].[CH3-].[Rh]. The molecule has 0 amide bonds. The average Bonchev–Trinajstić information content (AvgIpc) is 1.76. The summed E-state index contributed by atoms with van der Waals surface area (Å²) in [6, 6.07) is 0. The quantitative estimate of drug-likeness (QED) is 0.451. The van der Waals surface area contributed by atoms with E-state index < -0.39 is 0 Å². The van der Waals surface area contributed by atoms with Crippen LogP contribution in [0.15, 0.2) is 18.2 Å². The average molecular weight is 243 g/mol. The number of allylic oxidation sites excluding steroid dienone is 4. The van der Waals surface area contributed by atoms with Gasteiger partial charge in [-0.3, -0.25) is 6.08 Å². The Hall–Kier alpha value is 0.103. The summed E-state index contributed by atoms with van der Waals surface area (Å²) in [5.74, 6) is 0. The van der Waals surface area contributed by atoms with Crippen LogP contribution in [0.1, 0.15) is 6.42 Å². The zero-order chi connectivity index (χ0) is 3.54. The van der Waals surface area contributed by atoms with Crippen LogP contribution in [-0.4, -0.2) is 0 Å². The molecule has 0 spiro atoms. The van der Waals surface area contributed by atoms with Gasteiger partial charge >= 0.3 is 0 Å². The Balaban J connectivity index is -0.0000000104. The van der Waals surface area contributed by atoms with E-state index in [1.54, 1.807) is 0 Å². The molecule has 0 N–H and O–H groups in total. The Bertz CT molecular complexity index is 62.9. The molecule has 0 bridgehead atoms. The second-order valence-electron chi connectivity index (χ2n) is 1.00. The summed E-state index contributed by atoms with van der Waals surface area (Å²) in [7, 11) is 0. The molecule has 0 aromatic carbocycles. The number of hydrogen-bond donors (Lipinski definition) is 0. The molecule has 1 aliphatic rings. The van der Waals surface area contributed by atoms with Crippen molar-refractivity contribution >= 4 is 0 Å². The Morgan fingerprint density at radius 3 is 1.45 bits per heavy atom. The molecular formula is C10H20Rh-6. The molecule has 0 atom stereocenters. The summed E-state index contributed by atoms with van der Waals surface area (Å²) >= 11 is 0. The third-order valence-electron chi connectivity index (χ3n) is 0.586. The fourth-order valence-corrected chi connectivity index (χ4v) is 0.340. The van der Waals surface area contributed by atoms with Gasteiger partial charge in [-0.05, 0) is 0 Å². The van der Waals surface area contributed by atoms with Gasteiger partial charge in [0.1, 0.15) is 0 Å². The Morgan fingerprint density at radius 2 is 1.36 bits per heavy atom. The standard InChI is InChI=1S/C5H5.5CH3.Rh/c1-2-4-5-3-1;;;;;;/h1-3H,4H2;5*1H3;/q6*-1;. The fraction of sp³-hybridized carbons (Fsp3) is 0.100. The van der Waals surface area contributed by atoms with E-state index in [-0.39, 0.29) is 56.6 Å². The molecule has 0 saturated heterocycles. The van der Waals surface area contributed by atoms with Gasteiger partial charge in [0.2, 0.25) is 0 Å². The van der Waals surface area contributed by atoms with Gasteiger partial charge in [-0.25, -0.2) is 12.2 Å². The van der Waals surface area contributed by atoms with Crippen molar-refractivity contribution in [3.8, 4) is 0 Å². The molecule has 0 aromatic rings. The second-order valence-corrected chi connectivity index (χ2v) is 1.00. The monoisotopic (exact) mass is 243 g/mol. The topological polar surface area (TPSA) is 0 Å². The molecule has 1 heteroatoms. The predicted octanol–water partition coefficient (Wildman–Crippen LogP) is 3.55. The molecule has 1 rings (SSSR count). The zero-order valence-corrected chi connectivity index (χ0v) is 9.91. The van der Waals surface area contributed by atoms with Crippen LogP contribution in [0.25, 0.3) is 0 Å². The van der Waals surface area contributed by atoms with Crippen LogP contribution < -0.4 is 0 Å². The predicted molar refractivity (Wildman–Crippen MR) is 53.6 cm³/mol. The summed E-state index contributed by atoms with van der Waals surface area (Å²) < 4.78 is 0. The van der Waals surface area contributed by atoms with Gasteiger partial charge in [0.25, 0.3) is 0 Å². The number of rotatable bonds is 0. The Kier molecular flexibility index (Phi) is 127. The molecular weight excluding hydrogens is 223 g/mol. The van der Waals surface area contributed by atoms with Crippen molar-refractivity contribution in [3.63, 3.8) is 0 Å². The van der Waals surface area contributed by atoms with Gasteiger partial charge in [-0.15, -0.1) is 6.42 Å². The summed E-state index contributed by atoms with van der Waals surface area (Å²) in [6.07, 6.45) is 10.0. The van der Waals surface area contributed by atoms with E-state index in [0.717, 1.165) is 6.42 Å². The summed E-state index contributed by atoms with van der Waals surface area (Å²) in [5.41, 5.74) is 0. The summed E-state index contributed by atoms with van der Waals surface area (Å²) in [6.45, 7) is 0. The maximum absolute atomic E-state index is 2.99. The third-order valence-corrected chi connectivity index (χ3v) is 0.586. The molecule has 0 aliphatic heterocycles. The minimum Gasteiger partial charge on any atom is -0.358 e. The fourth-order valence-electron chi connectivity index (χ4n) is 0.340. The Labute approximate surface area is 87.6 Å². The van der Waals surface area contributed by atoms with E-state index in [1.807, 2.05) is 12.2 Å². The molecule has 1 aliphatic carbocycles. The largest absolute Gasteiger partial charge is 0.358 e. The minimum atomic E-state index is 0. The van der Waals surface area contributed by atoms with Crippen LogP contribution >= 0.6 is 0 Å². The van der Waals surface area contributed by atoms with Crippen molar-refractivity contribution in [1.82, 2.24) is 0 Å². The van der Waals surface area contributed by atoms with Gasteiger partial charge in [-0.2, -0.15) is 6.08 Å². The maximum Gasteiger partial charge on any atom is 0 e. The smallest absolute Gasteiger partial charge is 0 e. The molecule has 75 valence electrons. The number of hydrogen-bond acceptors (Lipinski definition) is 0. The second kappa shape index (κ2) is 32.1. The van der Waals surface area contributed by atoms with Crippen LogP contribution in [0.4, 0.5) is 0 Å². The van der Waals surface area contributed by atoms with Gasteiger partial charge < -0.3 is 37.1 Å². The van der Waals surface area contributed by atoms with Gasteiger partial charge in [0.05, 0.1) is 0 Å². The first-order valence-corrected chi connectivity index (χ1v) is 1.72. The van der Waals surface area contributed by atoms with Gasteiger partial charge in [0, 0.05) is 19.5 Å². The third kappa shape index (κ3) is 25.5. The van der Waals surface area contributed by atoms with E-state index in [4.69, 9.17) is 0 Å². The van der Waals surface area contributed by atoms with Crippen molar-refractivity contribution in [3.05, 3.63) is 61.4 Å². The molecule has 1 radical (unpaired) electrons. The minimum absolute atomic E-state index is 0. The van der Waals surface area contributed by atoms with Gasteiger partial charge in [-0.1, -0.05) is 0 Å². The van der Waals surface area contributed by atoms with Gasteiger partial charge in [0.15, 0.2) is 0 Å². The van der Waals surface area contributed by atoms with Crippen LogP contribution in [0.2, 0.25) is 0 Å². The molecule has 0 nitrogen and oxygen atoms in total. The first-order chi connectivity index (χ1) is 2.50. The maximum atomic E-state index is 2.99. The summed E-state index contributed by atoms with van der Waals surface area (Å²) in [4.78, 5) is 0. The molecule has 0 saturated carbocycles. The van der Waals surface area contributed by atoms with E-state index >= 15 is 0 Å². The van der Waals surface area contributed by atoms with E-state index in [0.29, 0.717) is 0 Å². The van der Waals surface area contributed by atoms with Crippen molar-refractivity contribution in [2.75, 3.05) is 0 Å². The van der Waals surface area contributed by atoms with Crippen molar-refractivity contribution in [1.29, 1.82) is 0 Å². The molecule has 11 heavy (non-hydrogen) atoms. The van der Waals surface area contributed by atoms with E-state index in [2.05, 4.69) is 12.2 Å². The van der Waals surface area contributed by atoms with Crippen molar-refractivity contribution in [2.45, 2.75) is 6.42 Å². The zero-order valence-electron chi connectivity index (χ0n) is 8.27. The summed E-state index contributed by atoms with van der Waals surface area (Å²) in [5, 5.41) is 0. The van der Waals surface area contributed by atoms with Crippen LogP contribution in [0, 0.1) is 43.2 Å². The molecule has 0 heterocycles. The normalized spacial score (nSPS) is 8.00. The van der Waals surface area contributed by atoms with Crippen LogP contribution in [0.5, 0.6) is 0 Å². The van der Waals surface area contributed by atoms with E-state index in [1.165, 1.54) is 0 Å². The first-order valence-electron chi connectivity index (χ1n) is 1.72. The molecule has 0 unspecified atom stereocenters. The first kappa shape index (κ1) is 43.5. The van der Waals surface area contributed by atoms with Crippen molar-refractivity contribution in [2.24, 2.45) is 0 Å². The molecule has 0 aromatic heterocycles.